The van der Waals surface area contributed by atoms with Crippen LogP contribution in [-0.4, -0.2) is 32.1 Å². The third kappa shape index (κ3) is 5.35. The smallest absolute Gasteiger partial charge is 0.159 e. The number of halogens is 1. The molecule has 0 saturated carbocycles. The zero-order chi connectivity index (χ0) is 22.7. The van der Waals surface area contributed by atoms with Crippen LogP contribution in [0.1, 0.15) is 50.8 Å². The third-order valence-corrected chi connectivity index (χ3v) is 6.64. The second-order valence-corrected chi connectivity index (χ2v) is 11.0. The van der Waals surface area contributed by atoms with Gasteiger partial charge in [0, 0.05) is 41.1 Å². The lowest BCUT2D eigenvalue weighted by Crippen LogP contribution is -2.31. The zero-order valence-electron chi connectivity index (χ0n) is 18.7. The molecule has 6 heteroatoms. The molecule has 164 valence electrons. The highest BCUT2D eigenvalue weighted by Gasteiger charge is 2.27. The summed E-state index contributed by atoms with van der Waals surface area (Å²) in [7, 11) is 0. The van der Waals surface area contributed by atoms with E-state index in [4.69, 9.17) is 4.98 Å². The van der Waals surface area contributed by atoms with Crippen LogP contribution in [0.2, 0.25) is 0 Å². The number of rotatable bonds is 4. The van der Waals surface area contributed by atoms with Gasteiger partial charge in [-0.25, -0.2) is 14.4 Å². The van der Waals surface area contributed by atoms with Crippen LogP contribution >= 0.6 is 11.9 Å². The Balaban J connectivity index is 1.69. The lowest BCUT2D eigenvalue weighted by Gasteiger charge is -2.35. The molecule has 4 rings (SSSR count). The van der Waals surface area contributed by atoms with Gasteiger partial charge in [-0.1, -0.05) is 24.1 Å². The average Bonchev–Trinajstić information content (AvgIpc) is 2.79. The van der Waals surface area contributed by atoms with E-state index in [1.807, 2.05) is 36.3 Å². The van der Waals surface area contributed by atoms with Crippen molar-refractivity contribution in [1.29, 1.82) is 5.26 Å². The van der Waals surface area contributed by atoms with Gasteiger partial charge in [-0.2, -0.15) is 5.26 Å². The SMILES string of the molecule is CC(C)(C)SN1CCC(c2nc(-c3ccc(F)cc3)ncc2-c2cccc(C#N)c2)CC1. The van der Waals surface area contributed by atoms with E-state index in [0.717, 1.165) is 48.3 Å². The van der Waals surface area contributed by atoms with Crippen molar-refractivity contribution in [3.8, 4) is 28.6 Å². The van der Waals surface area contributed by atoms with Gasteiger partial charge in [0.2, 0.25) is 0 Å². The van der Waals surface area contributed by atoms with E-state index in [0.29, 0.717) is 17.3 Å². The minimum absolute atomic E-state index is 0.195. The van der Waals surface area contributed by atoms with Crippen LogP contribution < -0.4 is 0 Å². The van der Waals surface area contributed by atoms with Gasteiger partial charge < -0.3 is 0 Å². The molecule has 1 fully saturated rings. The molecule has 2 heterocycles. The fourth-order valence-electron chi connectivity index (χ4n) is 4.03. The maximum absolute atomic E-state index is 13.4. The fraction of sp³-hybridized carbons (Fsp3) is 0.346. The Hall–Kier alpha value is -2.75. The Morgan fingerprint density at radius 2 is 1.78 bits per heavy atom. The van der Waals surface area contributed by atoms with Crippen molar-refractivity contribution in [3.63, 3.8) is 0 Å². The monoisotopic (exact) mass is 446 g/mol. The topological polar surface area (TPSA) is 52.8 Å². The van der Waals surface area contributed by atoms with E-state index in [2.05, 4.69) is 36.1 Å². The Bertz CT molecular complexity index is 1120. The van der Waals surface area contributed by atoms with Crippen molar-refractivity contribution in [2.75, 3.05) is 13.1 Å². The second-order valence-electron chi connectivity index (χ2n) is 9.10. The number of hydrogen-bond acceptors (Lipinski definition) is 5. The molecule has 0 N–H and O–H groups in total. The van der Waals surface area contributed by atoms with Gasteiger partial charge in [0.25, 0.3) is 0 Å². The van der Waals surface area contributed by atoms with Crippen molar-refractivity contribution in [3.05, 3.63) is 71.8 Å². The standard InChI is InChI=1S/C26H27FN4S/c1-26(2,3)32-31-13-11-19(12-14-31)24-23(21-6-4-5-18(15-21)16-28)17-29-25(30-24)20-7-9-22(27)10-8-20/h4-10,15,17,19H,11-14H2,1-3H3. The summed E-state index contributed by atoms with van der Waals surface area (Å²) < 4.78 is 16.1. The summed E-state index contributed by atoms with van der Waals surface area (Å²) >= 11 is 1.91. The number of nitriles is 1. The number of piperidine rings is 1. The molecule has 1 aromatic heterocycles. The molecule has 1 aliphatic rings. The van der Waals surface area contributed by atoms with Gasteiger partial charge in [0.15, 0.2) is 5.82 Å². The van der Waals surface area contributed by atoms with Gasteiger partial charge >= 0.3 is 0 Å². The molecule has 0 amide bonds. The van der Waals surface area contributed by atoms with Crippen LogP contribution in [0.25, 0.3) is 22.5 Å². The van der Waals surface area contributed by atoms with Crippen molar-refractivity contribution < 1.29 is 4.39 Å². The first-order valence-electron chi connectivity index (χ1n) is 10.9. The Morgan fingerprint density at radius 3 is 2.44 bits per heavy atom. The third-order valence-electron chi connectivity index (χ3n) is 5.47. The van der Waals surface area contributed by atoms with Crippen LogP contribution in [0.15, 0.2) is 54.7 Å². The summed E-state index contributed by atoms with van der Waals surface area (Å²) in [4.78, 5) is 9.58. The predicted molar refractivity (Wildman–Crippen MR) is 128 cm³/mol. The number of aromatic nitrogens is 2. The fourth-order valence-corrected chi connectivity index (χ4v) is 5.20. The highest BCUT2D eigenvalue weighted by Crippen LogP contribution is 2.38. The van der Waals surface area contributed by atoms with E-state index < -0.39 is 0 Å². The highest BCUT2D eigenvalue weighted by atomic mass is 32.2. The van der Waals surface area contributed by atoms with Gasteiger partial charge in [0.1, 0.15) is 5.82 Å². The van der Waals surface area contributed by atoms with Gasteiger partial charge in [-0.05, 0) is 75.6 Å². The maximum atomic E-state index is 13.4. The number of nitrogens with zero attached hydrogens (tertiary/aromatic N) is 4. The van der Waals surface area contributed by atoms with Crippen molar-refractivity contribution in [2.45, 2.75) is 44.3 Å². The summed E-state index contributed by atoms with van der Waals surface area (Å²) in [6.45, 7) is 8.72. The molecule has 32 heavy (non-hydrogen) atoms. The predicted octanol–water partition coefficient (Wildman–Crippen LogP) is 6.45. The first-order chi connectivity index (χ1) is 15.3. The minimum Gasteiger partial charge on any atom is -0.250 e. The molecule has 3 aromatic rings. The highest BCUT2D eigenvalue weighted by molar-refractivity contribution is 7.98. The first kappa shape index (κ1) is 22.4. The summed E-state index contributed by atoms with van der Waals surface area (Å²) in [6.07, 6.45) is 3.87. The van der Waals surface area contributed by atoms with Gasteiger partial charge in [-0.3, -0.25) is 4.31 Å². The van der Waals surface area contributed by atoms with Gasteiger partial charge in [0.05, 0.1) is 17.3 Å². The van der Waals surface area contributed by atoms with Crippen LogP contribution in [0.3, 0.4) is 0 Å². The van der Waals surface area contributed by atoms with Crippen LogP contribution in [-0.2, 0) is 0 Å². The Morgan fingerprint density at radius 1 is 1.06 bits per heavy atom. The molecule has 0 bridgehead atoms. The average molecular weight is 447 g/mol. The molecular formula is C26H27FN4S. The summed E-state index contributed by atoms with van der Waals surface area (Å²) in [5.74, 6) is 0.629. The molecule has 2 aromatic carbocycles. The Kier molecular flexibility index (Phi) is 6.59. The zero-order valence-corrected chi connectivity index (χ0v) is 19.5. The molecule has 1 saturated heterocycles. The normalized spacial score (nSPS) is 15.5. The number of benzene rings is 2. The largest absolute Gasteiger partial charge is 0.250 e. The van der Waals surface area contributed by atoms with Gasteiger partial charge in [-0.15, -0.1) is 0 Å². The van der Waals surface area contributed by atoms with Crippen LogP contribution in [0, 0.1) is 17.1 Å². The van der Waals surface area contributed by atoms with Crippen molar-refractivity contribution >= 4 is 11.9 Å². The van der Waals surface area contributed by atoms with E-state index in [9.17, 15) is 9.65 Å². The maximum Gasteiger partial charge on any atom is 0.159 e. The second kappa shape index (κ2) is 9.40. The molecule has 0 radical (unpaired) electrons. The molecule has 1 aliphatic heterocycles. The van der Waals surface area contributed by atoms with E-state index in [-0.39, 0.29) is 10.6 Å². The van der Waals surface area contributed by atoms with Crippen LogP contribution in [0.5, 0.6) is 0 Å². The van der Waals surface area contributed by atoms with E-state index in [1.54, 1.807) is 18.2 Å². The van der Waals surface area contributed by atoms with E-state index >= 15 is 0 Å². The summed E-state index contributed by atoms with van der Waals surface area (Å²) in [5, 5.41) is 9.34. The quantitative estimate of drug-likeness (QED) is 0.431. The summed E-state index contributed by atoms with van der Waals surface area (Å²) in [5.41, 5.74) is 4.35. The lowest BCUT2D eigenvalue weighted by molar-refractivity contribution is 0.339. The molecule has 0 unspecified atom stereocenters. The Labute approximate surface area is 193 Å². The molecule has 0 spiro atoms. The minimum atomic E-state index is -0.275. The van der Waals surface area contributed by atoms with Crippen molar-refractivity contribution in [1.82, 2.24) is 14.3 Å². The lowest BCUT2D eigenvalue weighted by atomic mass is 9.89. The van der Waals surface area contributed by atoms with Crippen molar-refractivity contribution in [2.24, 2.45) is 0 Å². The molecule has 0 aliphatic carbocycles. The molecule has 0 atom stereocenters. The summed E-state index contributed by atoms with van der Waals surface area (Å²) in [6, 6.07) is 16.1. The molecular weight excluding hydrogens is 419 g/mol. The first-order valence-corrected chi connectivity index (χ1v) is 11.7. The molecule has 4 nitrogen and oxygen atoms in total. The van der Waals surface area contributed by atoms with Crippen LogP contribution in [0.4, 0.5) is 4.39 Å². The number of hydrogen-bond donors (Lipinski definition) is 0. The van der Waals surface area contributed by atoms with E-state index in [1.165, 1.54) is 12.1 Å².